The summed E-state index contributed by atoms with van der Waals surface area (Å²) in [6.07, 6.45) is 1.97. The zero-order valence-electron chi connectivity index (χ0n) is 12.3. The Labute approximate surface area is 124 Å². The molecule has 5 nitrogen and oxygen atoms in total. The lowest BCUT2D eigenvalue weighted by atomic mass is 10.1. The van der Waals surface area contributed by atoms with E-state index in [2.05, 4.69) is 0 Å². The van der Waals surface area contributed by atoms with Crippen molar-refractivity contribution in [2.75, 3.05) is 19.8 Å². The number of hydrogen-bond acceptors (Lipinski definition) is 5. The van der Waals surface area contributed by atoms with Gasteiger partial charge in [-0.05, 0) is 19.4 Å². The Morgan fingerprint density at radius 3 is 2.38 bits per heavy atom. The largest absolute Gasteiger partial charge is 0.464 e. The van der Waals surface area contributed by atoms with Crippen LogP contribution in [-0.2, 0) is 23.8 Å². The summed E-state index contributed by atoms with van der Waals surface area (Å²) in [4.78, 5) is 23.0. The van der Waals surface area contributed by atoms with Crippen LogP contribution >= 0.6 is 0 Å². The third kappa shape index (κ3) is 6.23. The predicted octanol–water partition coefficient (Wildman–Crippen LogP) is 2.43. The highest BCUT2D eigenvalue weighted by atomic mass is 16.6. The first-order valence-electron chi connectivity index (χ1n) is 6.85. The Morgan fingerprint density at radius 2 is 1.76 bits per heavy atom. The summed E-state index contributed by atoms with van der Waals surface area (Å²) in [5, 5.41) is 0. The number of rotatable bonds is 8. The molecule has 1 atom stereocenters. The summed E-state index contributed by atoms with van der Waals surface area (Å²) >= 11 is 0. The van der Waals surface area contributed by atoms with Crippen LogP contribution in [0.1, 0.15) is 25.5 Å². The van der Waals surface area contributed by atoms with E-state index < -0.39 is 18.0 Å². The van der Waals surface area contributed by atoms with Gasteiger partial charge in [0.2, 0.25) is 0 Å². The predicted molar refractivity (Wildman–Crippen MR) is 77.5 cm³/mol. The molecule has 114 valence electrons. The van der Waals surface area contributed by atoms with Crippen molar-refractivity contribution in [3.8, 4) is 0 Å². The highest BCUT2D eigenvalue weighted by Crippen LogP contribution is 2.18. The highest BCUT2D eigenvalue weighted by molar-refractivity contribution is 5.81. The average Bonchev–Trinajstić information content (AvgIpc) is 2.48. The van der Waals surface area contributed by atoms with Gasteiger partial charge in [-0.25, -0.2) is 9.59 Å². The summed E-state index contributed by atoms with van der Waals surface area (Å²) in [5.41, 5.74) is 0.709. The maximum Gasteiger partial charge on any atom is 0.339 e. The molecule has 0 N–H and O–H groups in total. The summed E-state index contributed by atoms with van der Waals surface area (Å²) < 4.78 is 15.2. The summed E-state index contributed by atoms with van der Waals surface area (Å²) in [6, 6.07) is 9.07. The topological polar surface area (TPSA) is 61.8 Å². The molecule has 0 aliphatic rings. The minimum absolute atomic E-state index is 0.108. The van der Waals surface area contributed by atoms with Gasteiger partial charge in [0.1, 0.15) is 0 Å². The van der Waals surface area contributed by atoms with E-state index in [0.29, 0.717) is 12.2 Å². The van der Waals surface area contributed by atoms with E-state index in [9.17, 15) is 9.59 Å². The molecule has 1 aromatic rings. The van der Waals surface area contributed by atoms with Crippen LogP contribution in [-0.4, -0.2) is 31.8 Å². The van der Waals surface area contributed by atoms with Gasteiger partial charge in [-0.15, -0.1) is 0 Å². The summed E-state index contributed by atoms with van der Waals surface area (Å²) in [7, 11) is 0. The molecule has 1 unspecified atom stereocenters. The first kappa shape index (κ1) is 16.9. The van der Waals surface area contributed by atoms with Crippen LogP contribution in [0.25, 0.3) is 0 Å². The number of esters is 2. The molecule has 0 aromatic heterocycles. The van der Waals surface area contributed by atoms with E-state index in [1.165, 1.54) is 12.2 Å². The van der Waals surface area contributed by atoms with E-state index in [1.807, 2.05) is 18.2 Å². The van der Waals surface area contributed by atoms with Crippen LogP contribution in [0.4, 0.5) is 0 Å². The van der Waals surface area contributed by atoms with Crippen molar-refractivity contribution >= 4 is 11.9 Å². The van der Waals surface area contributed by atoms with Gasteiger partial charge in [-0.2, -0.15) is 0 Å². The average molecular weight is 292 g/mol. The van der Waals surface area contributed by atoms with E-state index in [0.717, 1.165) is 0 Å². The van der Waals surface area contributed by atoms with Crippen molar-refractivity contribution in [1.82, 2.24) is 0 Å². The number of carbonyl (C=O) groups is 2. The van der Waals surface area contributed by atoms with Crippen LogP contribution in [0.3, 0.4) is 0 Å². The van der Waals surface area contributed by atoms with Crippen molar-refractivity contribution in [3.05, 3.63) is 48.0 Å². The van der Waals surface area contributed by atoms with Crippen molar-refractivity contribution in [2.24, 2.45) is 0 Å². The molecule has 0 aliphatic heterocycles. The maximum atomic E-state index is 11.9. The van der Waals surface area contributed by atoms with Crippen LogP contribution in [0.2, 0.25) is 0 Å². The minimum Gasteiger partial charge on any atom is -0.464 e. The Hall–Kier alpha value is -2.14. The Morgan fingerprint density at radius 1 is 1.10 bits per heavy atom. The molecule has 0 saturated heterocycles. The molecule has 0 radical (unpaired) electrons. The van der Waals surface area contributed by atoms with Gasteiger partial charge in [0.05, 0.1) is 19.8 Å². The standard InChI is InChI=1S/C16H20O5/c1-3-19-14(17)11-8-12-21-15(16(18)20-4-2)13-9-6-5-7-10-13/h5-11,15H,3-4,12H2,1-2H3/b11-8+. The minimum atomic E-state index is -0.807. The maximum absolute atomic E-state index is 11.9. The smallest absolute Gasteiger partial charge is 0.339 e. The van der Waals surface area contributed by atoms with E-state index >= 15 is 0 Å². The van der Waals surface area contributed by atoms with Gasteiger partial charge < -0.3 is 14.2 Å². The molecule has 1 rings (SSSR count). The zero-order chi connectivity index (χ0) is 15.5. The number of ether oxygens (including phenoxy) is 3. The summed E-state index contributed by atoms with van der Waals surface area (Å²) in [6.45, 7) is 4.18. The highest BCUT2D eigenvalue weighted by Gasteiger charge is 2.21. The van der Waals surface area contributed by atoms with Gasteiger partial charge >= 0.3 is 11.9 Å². The molecule has 0 spiro atoms. The van der Waals surface area contributed by atoms with E-state index in [1.54, 1.807) is 26.0 Å². The van der Waals surface area contributed by atoms with Gasteiger partial charge in [-0.3, -0.25) is 0 Å². The molecule has 0 aliphatic carbocycles. The number of carbonyl (C=O) groups excluding carboxylic acids is 2. The lowest BCUT2D eigenvalue weighted by Gasteiger charge is -2.15. The molecule has 0 fully saturated rings. The fourth-order valence-electron chi connectivity index (χ4n) is 1.63. The van der Waals surface area contributed by atoms with Crippen LogP contribution in [0, 0.1) is 0 Å². The van der Waals surface area contributed by atoms with Crippen molar-refractivity contribution in [1.29, 1.82) is 0 Å². The van der Waals surface area contributed by atoms with Crippen LogP contribution in [0.15, 0.2) is 42.5 Å². The first-order chi connectivity index (χ1) is 10.2. The molecule has 0 bridgehead atoms. The summed E-state index contributed by atoms with van der Waals surface area (Å²) in [5.74, 6) is -0.887. The fraction of sp³-hybridized carbons (Fsp3) is 0.375. The second kappa shape index (κ2) is 9.72. The Bertz CT molecular complexity index is 467. The lowest BCUT2D eigenvalue weighted by Crippen LogP contribution is -2.19. The number of hydrogen-bond donors (Lipinski definition) is 0. The molecule has 5 heteroatoms. The first-order valence-corrected chi connectivity index (χ1v) is 6.85. The molecule has 21 heavy (non-hydrogen) atoms. The quantitative estimate of drug-likeness (QED) is 0.544. The third-order valence-electron chi connectivity index (χ3n) is 2.50. The monoisotopic (exact) mass is 292 g/mol. The molecule has 0 heterocycles. The fourth-order valence-corrected chi connectivity index (χ4v) is 1.63. The normalized spacial score (nSPS) is 12.1. The van der Waals surface area contributed by atoms with Gasteiger partial charge in [0.25, 0.3) is 0 Å². The van der Waals surface area contributed by atoms with Gasteiger partial charge in [0.15, 0.2) is 6.10 Å². The molecule has 0 amide bonds. The van der Waals surface area contributed by atoms with Crippen LogP contribution in [0.5, 0.6) is 0 Å². The zero-order valence-corrected chi connectivity index (χ0v) is 12.3. The Kier molecular flexibility index (Phi) is 7.82. The van der Waals surface area contributed by atoms with E-state index in [4.69, 9.17) is 14.2 Å². The molecular formula is C16H20O5. The lowest BCUT2D eigenvalue weighted by molar-refractivity contribution is -0.156. The SMILES string of the molecule is CCOC(=O)/C=C/COC(C(=O)OCC)c1ccccc1. The van der Waals surface area contributed by atoms with Gasteiger partial charge in [0, 0.05) is 6.08 Å². The van der Waals surface area contributed by atoms with E-state index in [-0.39, 0.29) is 13.2 Å². The second-order valence-electron chi connectivity index (χ2n) is 4.03. The third-order valence-corrected chi connectivity index (χ3v) is 2.50. The molecule has 1 aromatic carbocycles. The Balaban J connectivity index is 2.62. The molecule has 0 saturated carbocycles. The van der Waals surface area contributed by atoms with Crippen LogP contribution < -0.4 is 0 Å². The van der Waals surface area contributed by atoms with Gasteiger partial charge in [-0.1, -0.05) is 36.4 Å². The van der Waals surface area contributed by atoms with Crippen molar-refractivity contribution in [2.45, 2.75) is 20.0 Å². The second-order valence-corrected chi connectivity index (χ2v) is 4.03. The number of benzene rings is 1. The van der Waals surface area contributed by atoms with Crippen molar-refractivity contribution in [3.63, 3.8) is 0 Å². The molecular weight excluding hydrogens is 272 g/mol. The van der Waals surface area contributed by atoms with Crippen molar-refractivity contribution < 1.29 is 23.8 Å².